The number of ether oxygens (including phenoxy) is 1. The average molecular weight is 362 g/mol. The van der Waals surface area contributed by atoms with Crippen LogP contribution in [0.4, 0.5) is 0 Å². The molecule has 0 aromatic carbocycles. The predicted molar refractivity (Wildman–Crippen MR) is 94.8 cm³/mol. The van der Waals surface area contributed by atoms with Crippen LogP contribution < -0.4 is 5.32 Å². The minimum absolute atomic E-state index is 0.0615. The molecule has 1 aliphatic heterocycles. The number of piperidine rings is 1. The smallest absolute Gasteiger partial charge is 0.330 e. The van der Waals surface area contributed by atoms with Gasteiger partial charge in [-0.1, -0.05) is 6.08 Å². The molecule has 2 unspecified atom stereocenters. The van der Waals surface area contributed by atoms with Crippen LogP contribution in [0, 0.1) is 5.92 Å². The van der Waals surface area contributed by atoms with Crippen LogP contribution in [-0.2, 0) is 26.2 Å². The lowest BCUT2D eigenvalue weighted by atomic mass is 9.84. The average Bonchev–Trinajstić information content (AvgIpc) is 3.06. The monoisotopic (exact) mass is 362 g/mol. The summed E-state index contributed by atoms with van der Waals surface area (Å²) >= 11 is 0. The molecule has 1 aliphatic rings. The number of esters is 1. The SMILES string of the molecule is CCN1C(=O)CCC(C(=O)NCC/C=C/C(=O)OC)C1c1cnn(C)c1. The highest BCUT2D eigenvalue weighted by Gasteiger charge is 2.40. The summed E-state index contributed by atoms with van der Waals surface area (Å²) in [5.41, 5.74) is 0.869. The van der Waals surface area contributed by atoms with Gasteiger partial charge in [0.05, 0.1) is 25.3 Å². The van der Waals surface area contributed by atoms with Gasteiger partial charge in [0.15, 0.2) is 0 Å². The van der Waals surface area contributed by atoms with Gasteiger partial charge in [-0.05, 0) is 19.8 Å². The fourth-order valence-corrected chi connectivity index (χ4v) is 3.26. The van der Waals surface area contributed by atoms with Crippen LogP contribution in [0.15, 0.2) is 24.5 Å². The molecule has 1 saturated heterocycles. The molecular formula is C18H26N4O4. The molecule has 2 rings (SSSR count). The Balaban J connectivity index is 2.04. The molecule has 0 radical (unpaired) electrons. The molecule has 142 valence electrons. The lowest BCUT2D eigenvalue weighted by molar-refractivity contribution is -0.143. The molecule has 0 spiro atoms. The number of aromatic nitrogens is 2. The van der Waals surface area contributed by atoms with Gasteiger partial charge in [0.1, 0.15) is 0 Å². The zero-order chi connectivity index (χ0) is 19.1. The van der Waals surface area contributed by atoms with Crippen molar-refractivity contribution >= 4 is 17.8 Å². The second-order valence-corrected chi connectivity index (χ2v) is 6.22. The van der Waals surface area contributed by atoms with Crippen molar-refractivity contribution < 1.29 is 19.1 Å². The van der Waals surface area contributed by atoms with E-state index in [0.717, 1.165) is 5.56 Å². The van der Waals surface area contributed by atoms with Crippen LogP contribution in [0.3, 0.4) is 0 Å². The standard InChI is InChI=1S/C18H26N4O4/c1-4-22-15(23)9-8-14(17(22)13-11-20-21(2)12-13)18(25)19-10-6-5-7-16(24)26-3/h5,7,11-12,14,17H,4,6,8-10H2,1-3H3,(H,19,25)/b7-5+. The molecule has 26 heavy (non-hydrogen) atoms. The van der Waals surface area contributed by atoms with Crippen molar-refractivity contribution in [2.75, 3.05) is 20.2 Å². The van der Waals surface area contributed by atoms with Gasteiger partial charge in [-0.15, -0.1) is 0 Å². The van der Waals surface area contributed by atoms with Crippen molar-refractivity contribution in [3.63, 3.8) is 0 Å². The second kappa shape index (κ2) is 9.17. The number of amides is 2. The Morgan fingerprint density at radius 2 is 2.23 bits per heavy atom. The van der Waals surface area contributed by atoms with Gasteiger partial charge in [-0.2, -0.15) is 5.10 Å². The molecule has 0 aliphatic carbocycles. The third-order valence-corrected chi connectivity index (χ3v) is 4.52. The molecule has 2 amide bonds. The van der Waals surface area contributed by atoms with Crippen LogP contribution in [-0.4, -0.2) is 52.7 Å². The third kappa shape index (κ3) is 4.71. The highest BCUT2D eigenvalue weighted by Crippen LogP contribution is 2.36. The van der Waals surface area contributed by atoms with Crippen molar-refractivity contribution in [1.29, 1.82) is 0 Å². The number of aryl methyl sites for hydroxylation is 1. The van der Waals surface area contributed by atoms with E-state index >= 15 is 0 Å². The van der Waals surface area contributed by atoms with Crippen LogP contribution in [0.1, 0.15) is 37.8 Å². The summed E-state index contributed by atoms with van der Waals surface area (Å²) in [6.07, 6.45) is 7.97. The summed E-state index contributed by atoms with van der Waals surface area (Å²) in [5.74, 6) is -0.763. The van der Waals surface area contributed by atoms with Crippen LogP contribution in [0.5, 0.6) is 0 Å². The van der Waals surface area contributed by atoms with Crippen LogP contribution in [0.25, 0.3) is 0 Å². The first-order valence-electron chi connectivity index (χ1n) is 8.78. The molecule has 0 saturated carbocycles. The minimum atomic E-state index is -0.419. The van der Waals surface area contributed by atoms with E-state index in [1.807, 2.05) is 20.2 Å². The van der Waals surface area contributed by atoms with E-state index in [-0.39, 0.29) is 23.8 Å². The molecular weight excluding hydrogens is 336 g/mol. The van der Waals surface area contributed by atoms with Gasteiger partial charge < -0.3 is 15.0 Å². The van der Waals surface area contributed by atoms with E-state index in [2.05, 4.69) is 15.2 Å². The third-order valence-electron chi connectivity index (χ3n) is 4.52. The highest BCUT2D eigenvalue weighted by atomic mass is 16.5. The van der Waals surface area contributed by atoms with Crippen LogP contribution >= 0.6 is 0 Å². The van der Waals surface area contributed by atoms with Gasteiger partial charge in [-0.25, -0.2) is 4.79 Å². The van der Waals surface area contributed by atoms with E-state index in [0.29, 0.717) is 32.4 Å². The van der Waals surface area contributed by atoms with Gasteiger partial charge >= 0.3 is 5.97 Å². The number of carbonyl (C=O) groups is 3. The Morgan fingerprint density at radius 1 is 1.46 bits per heavy atom. The fraction of sp³-hybridized carbons (Fsp3) is 0.556. The number of rotatable bonds is 7. The number of carbonyl (C=O) groups excluding carboxylic acids is 3. The zero-order valence-electron chi connectivity index (χ0n) is 15.5. The zero-order valence-corrected chi connectivity index (χ0v) is 15.5. The maximum atomic E-state index is 12.7. The van der Waals surface area contributed by atoms with E-state index in [1.165, 1.54) is 13.2 Å². The largest absolute Gasteiger partial charge is 0.466 e. The van der Waals surface area contributed by atoms with Gasteiger partial charge in [0.2, 0.25) is 11.8 Å². The normalized spacial score (nSPS) is 20.4. The van der Waals surface area contributed by atoms with Crippen molar-refractivity contribution in [2.24, 2.45) is 13.0 Å². The molecule has 0 bridgehead atoms. The quantitative estimate of drug-likeness (QED) is 0.443. The maximum Gasteiger partial charge on any atom is 0.330 e. The number of hydrogen-bond acceptors (Lipinski definition) is 5. The van der Waals surface area contributed by atoms with Gasteiger partial charge in [0.25, 0.3) is 0 Å². The lowest BCUT2D eigenvalue weighted by Crippen LogP contribution is -2.48. The first kappa shape index (κ1) is 19.7. The molecule has 1 fully saturated rings. The molecule has 1 aromatic rings. The summed E-state index contributed by atoms with van der Waals surface area (Å²) in [4.78, 5) is 37.8. The summed E-state index contributed by atoms with van der Waals surface area (Å²) in [6.45, 7) is 2.88. The van der Waals surface area contributed by atoms with Crippen molar-refractivity contribution in [3.8, 4) is 0 Å². The molecule has 1 aromatic heterocycles. The molecule has 2 atom stereocenters. The lowest BCUT2D eigenvalue weighted by Gasteiger charge is -2.39. The van der Waals surface area contributed by atoms with Crippen molar-refractivity contribution in [3.05, 3.63) is 30.1 Å². The first-order chi connectivity index (χ1) is 12.5. The minimum Gasteiger partial charge on any atom is -0.466 e. The molecule has 8 heteroatoms. The number of hydrogen-bond donors (Lipinski definition) is 1. The summed E-state index contributed by atoms with van der Waals surface area (Å²) in [7, 11) is 3.13. The fourth-order valence-electron chi connectivity index (χ4n) is 3.26. The van der Waals surface area contributed by atoms with E-state index in [9.17, 15) is 14.4 Å². The number of methoxy groups -OCH3 is 1. The van der Waals surface area contributed by atoms with Gasteiger partial charge in [-0.3, -0.25) is 14.3 Å². The van der Waals surface area contributed by atoms with Crippen molar-refractivity contribution in [1.82, 2.24) is 20.0 Å². The summed E-state index contributed by atoms with van der Waals surface area (Å²) in [6, 6.07) is -0.305. The predicted octanol–water partition coefficient (Wildman–Crippen LogP) is 0.955. The Morgan fingerprint density at radius 3 is 2.85 bits per heavy atom. The first-order valence-corrected chi connectivity index (χ1v) is 8.78. The van der Waals surface area contributed by atoms with E-state index in [4.69, 9.17) is 0 Å². The van der Waals surface area contributed by atoms with E-state index < -0.39 is 5.97 Å². The van der Waals surface area contributed by atoms with Crippen LogP contribution in [0.2, 0.25) is 0 Å². The molecule has 2 heterocycles. The maximum absolute atomic E-state index is 12.7. The van der Waals surface area contributed by atoms with E-state index in [1.54, 1.807) is 21.9 Å². The Bertz CT molecular complexity index is 682. The Hall–Kier alpha value is -2.64. The highest BCUT2D eigenvalue weighted by molar-refractivity contribution is 5.85. The topological polar surface area (TPSA) is 93.5 Å². The second-order valence-electron chi connectivity index (χ2n) is 6.22. The molecule has 8 nitrogen and oxygen atoms in total. The van der Waals surface area contributed by atoms with Crippen molar-refractivity contribution in [2.45, 2.75) is 32.2 Å². The number of nitrogens with zero attached hydrogens (tertiary/aromatic N) is 3. The number of likely N-dealkylation sites (tertiary alicyclic amines) is 1. The number of nitrogens with one attached hydrogen (secondary N) is 1. The summed E-state index contributed by atoms with van der Waals surface area (Å²) < 4.78 is 6.19. The summed E-state index contributed by atoms with van der Waals surface area (Å²) in [5, 5.41) is 7.09. The molecule has 1 N–H and O–H groups in total. The Labute approximate surface area is 153 Å². The Kier molecular flexibility index (Phi) is 6.94. The van der Waals surface area contributed by atoms with Gasteiger partial charge in [0, 0.05) is 44.4 Å².